The molecule has 4 rings (SSSR count). The molecule has 33 heavy (non-hydrogen) atoms. The van der Waals surface area contributed by atoms with Crippen LogP contribution < -0.4 is 9.47 Å². The number of rotatable bonds is 6. The molecule has 2 aliphatic rings. The minimum absolute atomic E-state index is 0.0225. The fraction of sp³-hybridized carbons (Fsp3) is 0.333. The summed E-state index contributed by atoms with van der Waals surface area (Å²) in [5.41, 5.74) is 0.843. The van der Waals surface area contributed by atoms with Gasteiger partial charge in [0.05, 0.1) is 11.6 Å². The number of ether oxygens (including phenoxy) is 2. The number of fused-ring (bicyclic) bond motifs is 1. The highest BCUT2D eigenvalue weighted by Gasteiger charge is 2.46. The van der Waals surface area contributed by atoms with Crippen molar-refractivity contribution in [3.05, 3.63) is 63.1 Å². The summed E-state index contributed by atoms with van der Waals surface area (Å²) in [5, 5.41) is 12.0. The van der Waals surface area contributed by atoms with Gasteiger partial charge in [-0.1, -0.05) is 29.3 Å². The summed E-state index contributed by atoms with van der Waals surface area (Å²) in [7, 11) is 3.87. The number of aliphatic hydroxyl groups is 1. The Morgan fingerprint density at radius 2 is 1.82 bits per heavy atom. The molecular weight excluding hydrogens is 467 g/mol. The number of hydrogen-bond acceptors (Lipinski definition) is 6. The third-order valence-corrected chi connectivity index (χ3v) is 6.18. The molecule has 1 saturated heterocycles. The van der Waals surface area contributed by atoms with Crippen molar-refractivity contribution in [2.75, 3.05) is 40.4 Å². The van der Waals surface area contributed by atoms with Gasteiger partial charge < -0.3 is 24.4 Å². The van der Waals surface area contributed by atoms with Gasteiger partial charge in [-0.05, 0) is 63.0 Å². The first kappa shape index (κ1) is 23.4. The first-order chi connectivity index (χ1) is 15.8. The Balaban J connectivity index is 1.81. The normalized spacial score (nSPS) is 19.4. The molecule has 0 spiro atoms. The Bertz CT molecular complexity index is 1130. The SMILES string of the molecule is CN(C)CCCN1C(=O)C(=O)C(=C(O)c2ccc3c(c2)OCCO3)C1c1ccc(Cl)cc1Cl. The number of amides is 1. The highest BCUT2D eigenvalue weighted by molar-refractivity contribution is 6.47. The van der Waals surface area contributed by atoms with E-state index in [1.165, 1.54) is 4.90 Å². The van der Waals surface area contributed by atoms with Crippen LogP contribution in [0.15, 0.2) is 42.0 Å². The fourth-order valence-electron chi connectivity index (χ4n) is 4.06. The van der Waals surface area contributed by atoms with Crippen LogP contribution in [0.25, 0.3) is 5.76 Å². The average Bonchev–Trinajstić information content (AvgIpc) is 3.03. The molecule has 2 heterocycles. The predicted octanol–water partition coefficient (Wildman–Crippen LogP) is 4.14. The van der Waals surface area contributed by atoms with Gasteiger partial charge in [-0.25, -0.2) is 0 Å². The van der Waals surface area contributed by atoms with E-state index in [1.807, 2.05) is 19.0 Å². The lowest BCUT2D eigenvalue weighted by Crippen LogP contribution is -2.32. The molecule has 0 bridgehead atoms. The predicted molar refractivity (Wildman–Crippen MR) is 126 cm³/mol. The summed E-state index contributed by atoms with van der Waals surface area (Å²) in [5.74, 6) is -0.714. The lowest BCUT2D eigenvalue weighted by molar-refractivity contribution is -0.139. The quantitative estimate of drug-likeness (QED) is 0.372. The molecule has 2 aromatic rings. The number of halogens is 2. The van der Waals surface area contributed by atoms with Crippen LogP contribution in [0.3, 0.4) is 0 Å². The summed E-state index contributed by atoms with van der Waals surface area (Å²) in [4.78, 5) is 29.6. The van der Waals surface area contributed by atoms with Gasteiger partial charge in [0.25, 0.3) is 11.7 Å². The van der Waals surface area contributed by atoms with Crippen molar-refractivity contribution in [3.63, 3.8) is 0 Å². The minimum Gasteiger partial charge on any atom is -0.507 e. The molecule has 0 aromatic heterocycles. The van der Waals surface area contributed by atoms with E-state index in [9.17, 15) is 14.7 Å². The molecule has 1 atom stereocenters. The zero-order chi connectivity index (χ0) is 23.7. The van der Waals surface area contributed by atoms with Crippen molar-refractivity contribution in [3.8, 4) is 11.5 Å². The third kappa shape index (κ3) is 4.67. The number of likely N-dealkylation sites (tertiary alicyclic amines) is 1. The van der Waals surface area contributed by atoms with Crippen LogP contribution >= 0.6 is 23.2 Å². The zero-order valence-electron chi connectivity index (χ0n) is 18.3. The van der Waals surface area contributed by atoms with E-state index in [0.717, 1.165) is 6.54 Å². The number of nitrogens with zero attached hydrogens (tertiary/aromatic N) is 2. The van der Waals surface area contributed by atoms with Gasteiger partial charge in [0.15, 0.2) is 11.5 Å². The highest BCUT2D eigenvalue weighted by Crippen LogP contribution is 2.43. The first-order valence-corrected chi connectivity index (χ1v) is 11.3. The van der Waals surface area contributed by atoms with Crippen LogP contribution in [0.4, 0.5) is 0 Å². The van der Waals surface area contributed by atoms with Crippen molar-refractivity contribution in [2.45, 2.75) is 12.5 Å². The monoisotopic (exact) mass is 490 g/mol. The zero-order valence-corrected chi connectivity index (χ0v) is 19.8. The molecule has 1 unspecified atom stereocenters. The Morgan fingerprint density at radius 3 is 2.52 bits per heavy atom. The third-order valence-electron chi connectivity index (χ3n) is 5.62. The topological polar surface area (TPSA) is 79.3 Å². The van der Waals surface area contributed by atoms with E-state index in [4.69, 9.17) is 32.7 Å². The molecule has 1 fully saturated rings. The van der Waals surface area contributed by atoms with E-state index in [0.29, 0.717) is 58.9 Å². The average molecular weight is 491 g/mol. The largest absolute Gasteiger partial charge is 0.507 e. The van der Waals surface area contributed by atoms with Crippen LogP contribution in [0.5, 0.6) is 11.5 Å². The summed E-state index contributed by atoms with van der Waals surface area (Å²) in [6, 6.07) is 8.94. The molecule has 1 amide bonds. The highest BCUT2D eigenvalue weighted by atomic mass is 35.5. The second-order valence-electron chi connectivity index (χ2n) is 8.17. The van der Waals surface area contributed by atoms with Gasteiger partial charge in [0.2, 0.25) is 0 Å². The van der Waals surface area contributed by atoms with Crippen molar-refractivity contribution >= 4 is 40.7 Å². The number of carbonyl (C=O) groups excluding carboxylic acids is 2. The molecule has 0 saturated carbocycles. The Kier molecular flexibility index (Phi) is 6.83. The number of Topliss-reactive ketones (excluding diaryl/α,β-unsaturated/α-hetero) is 1. The molecular formula is C24H24Cl2N2O5. The number of benzene rings is 2. The van der Waals surface area contributed by atoms with E-state index >= 15 is 0 Å². The summed E-state index contributed by atoms with van der Waals surface area (Å²) < 4.78 is 11.1. The van der Waals surface area contributed by atoms with Gasteiger partial charge in [0, 0.05) is 22.2 Å². The lowest BCUT2D eigenvalue weighted by atomic mass is 9.95. The molecule has 0 radical (unpaired) electrons. The van der Waals surface area contributed by atoms with Crippen molar-refractivity contribution < 1.29 is 24.2 Å². The molecule has 9 heteroatoms. The second-order valence-corrected chi connectivity index (χ2v) is 9.02. The maximum atomic E-state index is 13.1. The van der Waals surface area contributed by atoms with E-state index < -0.39 is 17.7 Å². The van der Waals surface area contributed by atoms with Crippen LogP contribution in [0, 0.1) is 0 Å². The summed E-state index contributed by atoms with van der Waals surface area (Å²) >= 11 is 12.6. The number of carbonyl (C=O) groups is 2. The molecule has 0 aliphatic carbocycles. The van der Waals surface area contributed by atoms with Crippen molar-refractivity contribution in [1.29, 1.82) is 0 Å². The lowest BCUT2D eigenvalue weighted by Gasteiger charge is -2.26. The number of ketones is 1. The van der Waals surface area contributed by atoms with Gasteiger partial charge in [-0.15, -0.1) is 0 Å². The standard InChI is InChI=1S/C24H24Cl2N2O5/c1-27(2)8-3-9-28-21(16-6-5-15(25)13-17(16)26)20(23(30)24(28)31)22(29)14-4-7-18-19(12-14)33-11-10-32-18/h4-7,12-13,21,29H,3,8-11H2,1-2H3. The van der Waals surface area contributed by atoms with Gasteiger partial charge in [-0.3, -0.25) is 9.59 Å². The van der Waals surface area contributed by atoms with E-state index in [-0.39, 0.29) is 11.3 Å². The minimum atomic E-state index is -0.842. The maximum absolute atomic E-state index is 13.1. The van der Waals surface area contributed by atoms with Crippen LogP contribution in [-0.4, -0.2) is 67.0 Å². The molecule has 174 valence electrons. The Labute approximate surface area is 202 Å². The maximum Gasteiger partial charge on any atom is 0.295 e. The van der Waals surface area contributed by atoms with Crippen molar-refractivity contribution in [2.24, 2.45) is 0 Å². The van der Waals surface area contributed by atoms with Gasteiger partial charge >= 0.3 is 0 Å². The number of aliphatic hydroxyl groups excluding tert-OH is 1. The Morgan fingerprint density at radius 1 is 1.09 bits per heavy atom. The molecule has 1 N–H and O–H groups in total. The smallest absolute Gasteiger partial charge is 0.295 e. The number of hydrogen-bond donors (Lipinski definition) is 1. The van der Waals surface area contributed by atoms with Crippen LogP contribution in [0.2, 0.25) is 10.0 Å². The van der Waals surface area contributed by atoms with Crippen LogP contribution in [0.1, 0.15) is 23.6 Å². The summed E-state index contributed by atoms with van der Waals surface area (Å²) in [6.45, 7) is 1.87. The second kappa shape index (κ2) is 9.63. The fourth-order valence-corrected chi connectivity index (χ4v) is 4.57. The summed E-state index contributed by atoms with van der Waals surface area (Å²) in [6.07, 6.45) is 0.645. The van der Waals surface area contributed by atoms with E-state index in [1.54, 1.807) is 36.4 Å². The van der Waals surface area contributed by atoms with Crippen LogP contribution in [-0.2, 0) is 9.59 Å². The van der Waals surface area contributed by atoms with Gasteiger partial charge in [0.1, 0.15) is 19.0 Å². The van der Waals surface area contributed by atoms with Gasteiger partial charge in [-0.2, -0.15) is 0 Å². The molecule has 2 aromatic carbocycles. The molecule has 7 nitrogen and oxygen atoms in total. The Hall–Kier alpha value is -2.74. The molecule has 2 aliphatic heterocycles. The first-order valence-electron chi connectivity index (χ1n) is 10.6. The van der Waals surface area contributed by atoms with Crippen molar-refractivity contribution in [1.82, 2.24) is 9.80 Å². The van der Waals surface area contributed by atoms with E-state index in [2.05, 4.69) is 0 Å².